The average Bonchev–Trinajstić information content (AvgIpc) is 3.71. The van der Waals surface area contributed by atoms with Crippen LogP contribution in [-0.4, -0.2) is 12.4 Å². The van der Waals surface area contributed by atoms with Crippen molar-refractivity contribution in [2.45, 2.75) is 38.0 Å². The van der Waals surface area contributed by atoms with E-state index in [1.165, 1.54) is 49.3 Å². The molecule has 2 atom stereocenters. The van der Waals surface area contributed by atoms with Crippen LogP contribution in [0.3, 0.4) is 0 Å². The first kappa shape index (κ1) is 30.3. The Balaban J connectivity index is 1.11. The highest BCUT2D eigenvalue weighted by atomic mass is 16.3. The zero-order valence-electron chi connectivity index (χ0n) is 28.2. The van der Waals surface area contributed by atoms with Gasteiger partial charge in [0.15, 0.2) is 0 Å². The summed E-state index contributed by atoms with van der Waals surface area (Å²) in [5, 5.41) is 5.00. The van der Waals surface area contributed by atoms with Gasteiger partial charge in [0.25, 0.3) is 0 Å². The van der Waals surface area contributed by atoms with Crippen LogP contribution in [0, 0.1) is 0 Å². The highest BCUT2D eigenvalue weighted by Crippen LogP contribution is 2.41. The maximum Gasteiger partial charge on any atom is 0.135 e. The number of fused-ring (bicyclic) bond motifs is 8. The minimum absolute atomic E-state index is 0.268. The lowest BCUT2D eigenvalue weighted by molar-refractivity contribution is 0.648. The molecule has 2 aliphatic rings. The van der Waals surface area contributed by atoms with E-state index < -0.39 is 0 Å². The summed E-state index contributed by atoms with van der Waals surface area (Å²) in [5.41, 5.74) is 11.7. The summed E-state index contributed by atoms with van der Waals surface area (Å²) in [6.07, 6.45) is 22.1. The van der Waals surface area contributed by atoms with Crippen molar-refractivity contribution in [2.24, 2.45) is 0 Å². The molecule has 0 amide bonds. The third-order valence-electron chi connectivity index (χ3n) is 10.4. The van der Waals surface area contributed by atoms with Gasteiger partial charge < -0.3 is 13.9 Å². The molecular weight excluding hydrogens is 607 g/mol. The number of furan rings is 1. The molecule has 2 aromatic heterocycles. The van der Waals surface area contributed by atoms with Gasteiger partial charge in [-0.15, -0.1) is 0 Å². The van der Waals surface area contributed by atoms with Gasteiger partial charge >= 0.3 is 0 Å². The van der Waals surface area contributed by atoms with E-state index in [4.69, 9.17) is 12.3 Å². The largest absolute Gasteiger partial charge is 0.456 e. The molecule has 0 bridgehead atoms. The summed E-state index contributed by atoms with van der Waals surface area (Å²) in [6, 6.07) is 37.8. The normalized spacial score (nSPS) is 17.5. The number of allylic oxidation sites excluding steroid dienone is 9. The van der Waals surface area contributed by atoms with Crippen molar-refractivity contribution in [2.75, 3.05) is 4.90 Å². The molecule has 0 fully saturated rings. The Morgan fingerprint density at radius 3 is 2.46 bits per heavy atom. The molecule has 0 N–H and O–H groups in total. The highest BCUT2D eigenvalue weighted by Gasteiger charge is 2.23. The Labute approximate surface area is 294 Å². The lowest BCUT2D eigenvalue weighted by Crippen LogP contribution is -2.15. The number of benzene rings is 5. The molecule has 50 heavy (non-hydrogen) atoms. The van der Waals surface area contributed by atoms with Crippen LogP contribution in [0.4, 0.5) is 11.4 Å². The summed E-state index contributed by atoms with van der Waals surface area (Å²) in [6.45, 7) is 2.17. The van der Waals surface area contributed by atoms with Crippen LogP contribution in [-0.2, 0) is 6.42 Å². The summed E-state index contributed by atoms with van der Waals surface area (Å²) in [5.74, 6) is 0.276. The van der Waals surface area contributed by atoms with Crippen molar-refractivity contribution in [3.63, 3.8) is 0 Å². The Morgan fingerprint density at radius 2 is 1.62 bits per heavy atom. The van der Waals surface area contributed by atoms with Gasteiger partial charge in [-0.05, 0) is 85.0 Å². The summed E-state index contributed by atoms with van der Waals surface area (Å²) in [4.78, 5) is 2.36. The first-order valence-electron chi connectivity index (χ1n) is 17.6. The van der Waals surface area contributed by atoms with Crippen LogP contribution in [0.5, 0.6) is 0 Å². The van der Waals surface area contributed by atoms with E-state index in [1.54, 1.807) is 0 Å². The van der Waals surface area contributed by atoms with Crippen LogP contribution in [0.2, 0.25) is 6.32 Å². The molecule has 7 aromatic rings. The number of para-hydroxylation sites is 2. The fourth-order valence-corrected chi connectivity index (χ4v) is 8.05. The second kappa shape index (κ2) is 12.6. The van der Waals surface area contributed by atoms with Gasteiger partial charge in [0.2, 0.25) is 0 Å². The lowest BCUT2D eigenvalue weighted by Gasteiger charge is -2.27. The molecular formula is C46H37BN2O. The fraction of sp³-hybridized carbons (Fsp3) is 0.130. The smallest absolute Gasteiger partial charge is 0.135 e. The monoisotopic (exact) mass is 644 g/mol. The maximum atomic E-state index is 6.23. The van der Waals surface area contributed by atoms with Crippen LogP contribution in [0.25, 0.3) is 49.8 Å². The van der Waals surface area contributed by atoms with Crippen molar-refractivity contribution in [1.29, 1.82) is 0 Å². The predicted molar refractivity (Wildman–Crippen MR) is 213 cm³/mol. The first-order valence-corrected chi connectivity index (χ1v) is 17.6. The van der Waals surface area contributed by atoms with E-state index in [9.17, 15) is 0 Å². The number of nitrogens with zero attached hydrogens (tertiary/aromatic N) is 2. The van der Waals surface area contributed by atoms with Crippen molar-refractivity contribution >= 4 is 69.0 Å². The Bertz CT molecular complexity index is 2560. The molecule has 3 nitrogen and oxygen atoms in total. The minimum Gasteiger partial charge on any atom is -0.456 e. The Hall–Kier alpha value is -5.74. The van der Waals surface area contributed by atoms with E-state index in [2.05, 4.69) is 162 Å². The molecule has 0 saturated carbocycles. The molecule has 0 spiro atoms. The molecule has 0 aliphatic heterocycles. The van der Waals surface area contributed by atoms with E-state index in [0.717, 1.165) is 41.1 Å². The molecule has 4 heteroatoms. The van der Waals surface area contributed by atoms with Gasteiger partial charge in [-0.2, -0.15) is 0 Å². The van der Waals surface area contributed by atoms with Crippen LogP contribution in [0.1, 0.15) is 42.0 Å². The topological polar surface area (TPSA) is 21.3 Å². The molecule has 2 aliphatic carbocycles. The van der Waals surface area contributed by atoms with E-state index in [0.29, 0.717) is 6.32 Å². The quantitative estimate of drug-likeness (QED) is 0.127. The molecule has 9 rings (SSSR count). The minimum atomic E-state index is 0.268. The molecule has 2 unspecified atom stereocenters. The third-order valence-corrected chi connectivity index (χ3v) is 10.4. The molecule has 240 valence electrons. The summed E-state index contributed by atoms with van der Waals surface area (Å²) in [7, 11) is 5.82. The number of hydrogen-bond donors (Lipinski definition) is 0. The standard InChI is InChI=1S/C46H37BN2O/c1-31(11-9-10-28-47)48(37-25-26-39-38-14-5-7-16-42(38)49(43(39)30-37)35-12-3-2-4-13-35)36-23-20-32(21-24-36)34-19-18-33-22-27-45-46(41(33)29-34)40-15-6-8-17-44(40)50-45/h2-12,14-27,30,34-35H,13,28-29H2,1H3/b10-9-,31-11+. The van der Waals surface area contributed by atoms with Gasteiger partial charge in [0.1, 0.15) is 11.2 Å². The Morgan fingerprint density at radius 1 is 0.820 bits per heavy atom. The van der Waals surface area contributed by atoms with E-state index in [1.807, 2.05) is 12.1 Å². The molecule has 2 radical (unpaired) electrons. The molecule has 5 aromatic carbocycles. The third kappa shape index (κ3) is 5.15. The van der Waals surface area contributed by atoms with Crippen molar-refractivity contribution in [3.05, 3.63) is 174 Å². The second-order valence-electron chi connectivity index (χ2n) is 13.4. The zero-order valence-corrected chi connectivity index (χ0v) is 28.2. The fourth-order valence-electron chi connectivity index (χ4n) is 8.05. The predicted octanol–water partition coefficient (Wildman–Crippen LogP) is 12.3. The number of hydrogen-bond acceptors (Lipinski definition) is 2. The van der Waals surface area contributed by atoms with Gasteiger partial charge in [-0.1, -0.05) is 116 Å². The van der Waals surface area contributed by atoms with Crippen molar-refractivity contribution in [3.8, 4) is 0 Å². The van der Waals surface area contributed by atoms with Gasteiger partial charge in [0, 0.05) is 50.1 Å². The van der Waals surface area contributed by atoms with Gasteiger partial charge in [0.05, 0.1) is 19.4 Å². The van der Waals surface area contributed by atoms with E-state index in [-0.39, 0.29) is 12.0 Å². The van der Waals surface area contributed by atoms with E-state index >= 15 is 0 Å². The van der Waals surface area contributed by atoms with Crippen molar-refractivity contribution in [1.82, 2.24) is 4.57 Å². The summed E-state index contributed by atoms with van der Waals surface area (Å²) >= 11 is 0. The number of anilines is 2. The average molecular weight is 645 g/mol. The molecule has 2 heterocycles. The van der Waals surface area contributed by atoms with Gasteiger partial charge in [-0.3, -0.25) is 0 Å². The Kier molecular flexibility index (Phi) is 7.65. The van der Waals surface area contributed by atoms with Crippen molar-refractivity contribution < 1.29 is 4.42 Å². The van der Waals surface area contributed by atoms with Gasteiger partial charge in [-0.25, -0.2) is 0 Å². The zero-order chi connectivity index (χ0) is 33.6. The SMILES string of the molecule is [B]C/C=C\C=C(/C)N(c1ccc(C2C=Cc3ccc4oc5ccccc5c4c3C2)cc1)c1ccc2c3ccccc3n(C3C=CC=CC3)c2c1. The number of aromatic nitrogens is 1. The lowest BCUT2D eigenvalue weighted by atomic mass is 9.83. The van der Waals surface area contributed by atoms with Crippen LogP contribution < -0.4 is 4.90 Å². The number of rotatable bonds is 7. The highest BCUT2D eigenvalue weighted by molar-refractivity contribution is 6.10. The first-order chi connectivity index (χ1) is 24.7. The van der Waals surface area contributed by atoms with Crippen LogP contribution >= 0.6 is 0 Å². The van der Waals surface area contributed by atoms with Crippen LogP contribution in [0.15, 0.2) is 162 Å². The molecule has 0 saturated heterocycles. The second-order valence-corrected chi connectivity index (χ2v) is 13.4. The summed E-state index contributed by atoms with van der Waals surface area (Å²) < 4.78 is 8.74. The maximum absolute atomic E-state index is 6.23.